The summed E-state index contributed by atoms with van der Waals surface area (Å²) >= 11 is 0. The van der Waals surface area contributed by atoms with Crippen molar-refractivity contribution in [2.45, 2.75) is 6.10 Å². The Morgan fingerprint density at radius 1 is 1.18 bits per heavy atom. The number of benzene rings is 1. The van der Waals surface area contributed by atoms with Gasteiger partial charge in [0.05, 0.1) is 13.2 Å². The molecule has 4 heteroatoms. The second kappa shape index (κ2) is 7.00. The van der Waals surface area contributed by atoms with Gasteiger partial charge in [-0.15, -0.1) is 0 Å². The smallest absolute Gasteiger partial charge is 0.246 e. The van der Waals surface area contributed by atoms with Gasteiger partial charge in [-0.3, -0.25) is 9.78 Å². The maximum absolute atomic E-state index is 12.3. The van der Waals surface area contributed by atoms with Gasteiger partial charge in [0.1, 0.15) is 6.10 Å². The van der Waals surface area contributed by atoms with E-state index in [0.717, 1.165) is 11.1 Å². The Labute approximate surface area is 130 Å². The molecule has 0 saturated carbocycles. The summed E-state index contributed by atoms with van der Waals surface area (Å²) in [5, 5.41) is 0. The van der Waals surface area contributed by atoms with Gasteiger partial charge in [0.15, 0.2) is 0 Å². The number of hydrogen-bond donors (Lipinski definition) is 0. The summed E-state index contributed by atoms with van der Waals surface area (Å²) in [5.41, 5.74) is 2.08. The number of rotatable bonds is 3. The Hall–Kier alpha value is -2.46. The van der Waals surface area contributed by atoms with E-state index >= 15 is 0 Å². The highest BCUT2D eigenvalue weighted by Crippen LogP contribution is 2.21. The molecule has 0 radical (unpaired) electrons. The zero-order chi connectivity index (χ0) is 15.2. The van der Waals surface area contributed by atoms with E-state index in [-0.39, 0.29) is 12.0 Å². The molecule has 112 valence electrons. The van der Waals surface area contributed by atoms with Crippen molar-refractivity contribution in [3.8, 4) is 0 Å². The zero-order valence-electron chi connectivity index (χ0n) is 12.3. The van der Waals surface area contributed by atoms with Crippen LogP contribution in [0.5, 0.6) is 0 Å². The van der Waals surface area contributed by atoms with Gasteiger partial charge in [-0.1, -0.05) is 30.3 Å². The van der Waals surface area contributed by atoms with E-state index in [2.05, 4.69) is 4.98 Å². The number of morpholine rings is 1. The lowest BCUT2D eigenvalue weighted by atomic mass is 10.1. The highest BCUT2D eigenvalue weighted by Gasteiger charge is 2.24. The van der Waals surface area contributed by atoms with Crippen molar-refractivity contribution in [2.75, 3.05) is 19.7 Å². The Balaban J connectivity index is 1.64. The second-order valence-electron chi connectivity index (χ2n) is 5.17. The van der Waals surface area contributed by atoms with Crippen LogP contribution in [0.1, 0.15) is 17.2 Å². The van der Waals surface area contributed by atoms with Crippen LogP contribution in [0.15, 0.2) is 60.9 Å². The topological polar surface area (TPSA) is 42.4 Å². The van der Waals surface area contributed by atoms with Gasteiger partial charge in [-0.25, -0.2) is 0 Å². The molecule has 2 aromatic rings. The third-order valence-electron chi connectivity index (χ3n) is 3.67. The Morgan fingerprint density at radius 3 is 2.73 bits per heavy atom. The summed E-state index contributed by atoms with van der Waals surface area (Å²) in [6, 6.07) is 13.7. The van der Waals surface area contributed by atoms with E-state index in [9.17, 15) is 4.79 Å². The quantitative estimate of drug-likeness (QED) is 0.817. The molecule has 1 atom stereocenters. The number of carbonyl (C=O) groups is 1. The normalized spacial score (nSPS) is 18.5. The van der Waals surface area contributed by atoms with Crippen LogP contribution < -0.4 is 0 Å². The Morgan fingerprint density at radius 2 is 1.95 bits per heavy atom. The number of aromatic nitrogens is 1. The van der Waals surface area contributed by atoms with E-state index in [0.29, 0.717) is 19.7 Å². The summed E-state index contributed by atoms with van der Waals surface area (Å²) in [6.07, 6.45) is 6.89. The number of pyridine rings is 1. The second-order valence-corrected chi connectivity index (χ2v) is 5.17. The Bertz CT molecular complexity index is 641. The molecule has 1 fully saturated rings. The lowest BCUT2D eigenvalue weighted by Gasteiger charge is -2.32. The average molecular weight is 294 g/mol. The number of nitrogens with zero attached hydrogens (tertiary/aromatic N) is 2. The SMILES string of the molecule is O=C(/C=C/c1ccccc1)N1CCO[C@H](c2ccncc2)C1. The molecule has 1 amide bonds. The standard InChI is InChI=1S/C18H18N2O2/c21-18(7-6-15-4-2-1-3-5-15)20-12-13-22-17(14-20)16-8-10-19-11-9-16/h1-11,17H,12-14H2/b7-6+/t17-/m0/s1. The van der Waals surface area contributed by atoms with Crippen LogP contribution in [0.25, 0.3) is 6.08 Å². The molecule has 4 nitrogen and oxygen atoms in total. The van der Waals surface area contributed by atoms with Gasteiger partial charge in [0, 0.05) is 25.0 Å². The molecule has 0 spiro atoms. The van der Waals surface area contributed by atoms with Gasteiger partial charge in [-0.05, 0) is 29.3 Å². The van der Waals surface area contributed by atoms with Gasteiger partial charge in [0.2, 0.25) is 5.91 Å². The van der Waals surface area contributed by atoms with Crippen molar-refractivity contribution in [1.29, 1.82) is 0 Å². The van der Waals surface area contributed by atoms with E-state index in [1.807, 2.05) is 53.4 Å². The van der Waals surface area contributed by atoms with E-state index in [4.69, 9.17) is 4.74 Å². The van der Waals surface area contributed by atoms with Crippen LogP contribution in [-0.2, 0) is 9.53 Å². The summed E-state index contributed by atoms with van der Waals surface area (Å²) in [5.74, 6) is 0.0196. The van der Waals surface area contributed by atoms with Crippen LogP contribution in [0, 0.1) is 0 Å². The summed E-state index contributed by atoms with van der Waals surface area (Å²) in [4.78, 5) is 18.2. The third kappa shape index (κ3) is 3.59. The minimum atomic E-state index is -0.0779. The van der Waals surface area contributed by atoms with Crippen molar-refractivity contribution in [2.24, 2.45) is 0 Å². The summed E-state index contributed by atoms with van der Waals surface area (Å²) < 4.78 is 5.76. The number of hydrogen-bond acceptors (Lipinski definition) is 3. The predicted molar refractivity (Wildman–Crippen MR) is 85.0 cm³/mol. The van der Waals surface area contributed by atoms with Crippen LogP contribution in [0.3, 0.4) is 0 Å². The molecule has 0 bridgehead atoms. The molecule has 1 aromatic heterocycles. The molecule has 1 aromatic carbocycles. The number of ether oxygens (including phenoxy) is 1. The van der Waals surface area contributed by atoms with Gasteiger partial charge in [0.25, 0.3) is 0 Å². The average Bonchev–Trinajstić information content (AvgIpc) is 2.61. The van der Waals surface area contributed by atoms with Crippen molar-refractivity contribution in [3.05, 3.63) is 72.1 Å². The molecule has 1 aliphatic heterocycles. The van der Waals surface area contributed by atoms with Crippen molar-refractivity contribution < 1.29 is 9.53 Å². The first-order valence-electron chi connectivity index (χ1n) is 7.36. The van der Waals surface area contributed by atoms with E-state index in [1.165, 1.54) is 0 Å². The fourth-order valence-electron chi connectivity index (χ4n) is 2.47. The zero-order valence-corrected chi connectivity index (χ0v) is 12.3. The Kier molecular flexibility index (Phi) is 4.61. The monoisotopic (exact) mass is 294 g/mol. The summed E-state index contributed by atoms with van der Waals surface area (Å²) in [7, 11) is 0. The number of carbonyl (C=O) groups excluding carboxylic acids is 1. The lowest BCUT2D eigenvalue weighted by Crippen LogP contribution is -2.41. The fourth-order valence-corrected chi connectivity index (χ4v) is 2.47. The molecular formula is C18H18N2O2. The van der Waals surface area contributed by atoms with Crippen LogP contribution in [0.4, 0.5) is 0 Å². The van der Waals surface area contributed by atoms with Crippen LogP contribution >= 0.6 is 0 Å². The maximum atomic E-state index is 12.3. The third-order valence-corrected chi connectivity index (χ3v) is 3.67. The molecule has 3 rings (SSSR count). The van der Waals surface area contributed by atoms with Gasteiger partial charge >= 0.3 is 0 Å². The molecule has 0 aliphatic carbocycles. The molecule has 0 N–H and O–H groups in total. The largest absolute Gasteiger partial charge is 0.370 e. The van der Waals surface area contributed by atoms with Crippen molar-refractivity contribution >= 4 is 12.0 Å². The van der Waals surface area contributed by atoms with E-state index < -0.39 is 0 Å². The highest BCUT2D eigenvalue weighted by molar-refractivity contribution is 5.91. The van der Waals surface area contributed by atoms with E-state index in [1.54, 1.807) is 18.5 Å². The highest BCUT2D eigenvalue weighted by atomic mass is 16.5. The van der Waals surface area contributed by atoms with Gasteiger partial charge < -0.3 is 9.64 Å². The van der Waals surface area contributed by atoms with Crippen molar-refractivity contribution in [1.82, 2.24) is 9.88 Å². The van der Waals surface area contributed by atoms with Gasteiger partial charge in [-0.2, -0.15) is 0 Å². The lowest BCUT2D eigenvalue weighted by molar-refractivity contribution is -0.133. The van der Waals surface area contributed by atoms with Crippen LogP contribution in [0.2, 0.25) is 0 Å². The van der Waals surface area contributed by atoms with Crippen LogP contribution in [-0.4, -0.2) is 35.5 Å². The predicted octanol–water partition coefficient (Wildman–Crippen LogP) is 2.69. The molecule has 0 unspecified atom stereocenters. The molecule has 1 saturated heterocycles. The minimum Gasteiger partial charge on any atom is -0.370 e. The first-order chi connectivity index (χ1) is 10.8. The fraction of sp³-hybridized carbons (Fsp3) is 0.222. The van der Waals surface area contributed by atoms with Crippen molar-refractivity contribution in [3.63, 3.8) is 0 Å². The maximum Gasteiger partial charge on any atom is 0.246 e. The molecule has 2 heterocycles. The minimum absolute atomic E-state index is 0.0196. The first-order valence-corrected chi connectivity index (χ1v) is 7.36. The number of amides is 1. The molecule has 1 aliphatic rings. The first kappa shape index (κ1) is 14.5. The molecular weight excluding hydrogens is 276 g/mol. The molecule has 22 heavy (non-hydrogen) atoms. The summed E-state index contributed by atoms with van der Waals surface area (Å²) in [6.45, 7) is 1.75.